The van der Waals surface area contributed by atoms with Crippen LogP contribution in [0.1, 0.15) is 11.7 Å². The Morgan fingerprint density at radius 2 is 1.57 bits per heavy atom. The van der Waals surface area contributed by atoms with E-state index in [9.17, 15) is 5.11 Å². The summed E-state index contributed by atoms with van der Waals surface area (Å²) >= 11 is 0. The lowest BCUT2D eigenvalue weighted by Crippen LogP contribution is -2.46. The van der Waals surface area contributed by atoms with Crippen LogP contribution in [0.2, 0.25) is 0 Å². The van der Waals surface area contributed by atoms with Gasteiger partial charge in [0, 0.05) is 6.07 Å². The normalized spacial score (nSPS) is 31.8. The van der Waals surface area contributed by atoms with Crippen molar-refractivity contribution in [3.8, 4) is 28.7 Å². The Morgan fingerprint density at radius 3 is 2.39 bits per heavy atom. The van der Waals surface area contributed by atoms with Crippen LogP contribution >= 0.6 is 0 Å². The molecule has 8 nitrogen and oxygen atoms in total. The summed E-state index contributed by atoms with van der Waals surface area (Å²) in [6.45, 7) is 0.846. The van der Waals surface area contributed by atoms with E-state index in [1.54, 1.807) is 18.2 Å². The molecule has 2 aromatic rings. The Kier molecular flexibility index (Phi) is 3.44. The van der Waals surface area contributed by atoms with Crippen molar-refractivity contribution < 1.29 is 38.3 Å². The topological polar surface area (TPSA) is 84.8 Å². The van der Waals surface area contributed by atoms with E-state index in [2.05, 4.69) is 0 Å². The maximum Gasteiger partial charge on any atom is 0.231 e. The first-order chi connectivity index (χ1) is 13.7. The van der Waals surface area contributed by atoms with Gasteiger partial charge in [0.2, 0.25) is 19.9 Å². The van der Waals surface area contributed by atoms with Gasteiger partial charge in [-0.3, -0.25) is 0 Å². The molecular formula is C20H18O8. The number of hydrogen-bond donors (Lipinski definition) is 1. The summed E-state index contributed by atoms with van der Waals surface area (Å²) in [5.41, 5.74) is -0.338. The number of rotatable bonds is 3. The zero-order valence-corrected chi connectivity index (χ0v) is 14.8. The van der Waals surface area contributed by atoms with Crippen LogP contribution < -0.4 is 23.7 Å². The van der Waals surface area contributed by atoms with Crippen molar-refractivity contribution in [3.63, 3.8) is 0 Å². The highest BCUT2D eigenvalue weighted by Gasteiger charge is 2.60. The fraction of sp³-hybridized carbons (Fsp3) is 0.400. The van der Waals surface area contributed by atoms with Crippen molar-refractivity contribution >= 4 is 0 Å². The van der Waals surface area contributed by atoms with Gasteiger partial charge in [-0.05, 0) is 29.8 Å². The molecule has 2 saturated heterocycles. The molecule has 0 spiro atoms. The van der Waals surface area contributed by atoms with Gasteiger partial charge in [-0.25, -0.2) is 0 Å². The number of hydrogen-bond acceptors (Lipinski definition) is 8. The summed E-state index contributed by atoms with van der Waals surface area (Å²) in [4.78, 5) is 0. The van der Waals surface area contributed by atoms with E-state index < -0.39 is 11.9 Å². The van der Waals surface area contributed by atoms with E-state index >= 15 is 0 Å². The van der Waals surface area contributed by atoms with Crippen LogP contribution in [0.5, 0.6) is 28.7 Å². The van der Waals surface area contributed by atoms with Crippen LogP contribution in [0.3, 0.4) is 0 Å². The lowest BCUT2D eigenvalue weighted by atomic mass is 9.86. The third kappa shape index (κ3) is 2.35. The molecule has 146 valence electrons. The molecule has 28 heavy (non-hydrogen) atoms. The fourth-order valence-electron chi connectivity index (χ4n) is 4.15. The maximum atomic E-state index is 11.3. The third-order valence-corrected chi connectivity index (χ3v) is 5.65. The van der Waals surface area contributed by atoms with Crippen molar-refractivity contribution in [3.05, 3.63) is 42.0 Å². The van der Waals surface area contributed by atoms with Crippen LogP contribution in [-0.2, 0) is 9.47 Å². The average molecular weight is 386 g/mol. The second kappa shape index (κ2) is 5.91. The summed E-state index contributed by atoms with van der Waals surface area (Å²) in [5, 5.41) is 11.3. The van der Waals surface area contributed by atoms with Gasteiger partial charge in [0.25, 0.3) is 0 Å². The number of fused-ring (bicyclic) bond motifs is 3. The van der Waals surface area contributed by atoms with Gasteiger partial charge in [0.1, 0.15) is 5.75 Å². The zero-order chi connectivity index (χ0) is 18.7. The van der Waals surface area contributed by atoms with Crippen LogP contribution in [0.25, 0.3) is 0 Å². The smallest absolute Gasteiger partial charge is 0.231 e. The Hall–Kier alpha value is -2.68. The molecule has 2 fully saturated rings. The van der Waals surface area contributed by atoms with Crippen molar-refractivity contribution in [1.82, 2.24) is 0 Å². The second-order valence-corrected chi connectivity index (χ2v) is 7.24. The summed E-state index contributed by atoms with van der Waals surface area (Å²) in [7, 11) is 0. The molecule has 4 heterocycles. The van der Waals surface area contributed by atoms with E-state index in [4.69, 9.17) is 33.2 Å². The second-order valence-electron chi connectivity index (χ2n) is 7.24. The third-order valence-electron chi connectivity index (χ3n) is 5.65. The first-order valence-electron chi connectivity index (χ1n) is 9.12. The van der Waals surface area contributed by atoms with Crippen molar-refractivity contribution in [2.45, 2.75) is 18.0 Å². The number of ether oxygens (including phenoxy) is 7. The predicted molar refractivity (Wildman–Crippen MR) is 92.6 cm³/mol. The minimum Gasteiger partial charge on any atom is -0.462 e. The predicted octanol–water partition coefficient (Wildman–Crippen LogP) is 2.00. The Labute approximate surface area is 160 Å². The molecule has 0 radical (unpaired) electrons. The SMILES string of the molecule is O[C@]12CO[C@H](c3ccc4c(c3)OCO4)[C@H]1CO[C@@H]2Oc1ccc2c(c1)OCO2. The molecule has 0 saturated carbocycles. The highest BCUT2D eigenvalue weighted by atomic mass is 16.7. The molecular weight excluding hydrogens is 368 g/mol. The van der Waals surface area contributed by atoms with E-state index in [-0.39, 0.29) is 32.2 Å². The minimum absolute atomic E-state index is 0.117. The largest absolute Gasteiger partial charge is 0.462 e. The Bertz CT molecular complexity index is 930. The molecule has 0 amide bonds. The molecule has 0 unspecified atom stereocenters. The molecule has 2 aromatic carbocycles. The highest BCUT2D eigenvalue weighted by molar-refractivity contribution is 5.47. The van der Waals surface area contributed by atoms with E-state index in [1.165, 1.54) is 0 Å². The van der Waals surface area contributed by atoms with Gasteiger partial charge in [-0.2, -0.15) is 0 Å². The molecule has 4 atom stereocenters. The molecule has 1 N–H and O–H groups in total. The van der Waals surface area contributed by atoms with Gasteiger partial charge in [-0.1, -0.05) is 6.07 Å². The Balaban J connectivity index is 1.23. The summed E-state index contributed by atoms with van der Waals surface area (Å²) in [6, 6.07) is 10.9. The maximum absolute atomic E-state index is 11.3. The van der Waals surface area contributed by atoms with Crippen LogP contribution in [-0.4, -0.2) is 43.8 Å². The lowest BCUT2D eigenvalue weighted by Gasteiger charge is -2.27. The van der Waals surface area contributed by atoms with Gasteiger partial charge >= 0.3 is 0 Å². The molecule has 4 aliphatic heterocycles. The van der Waals surface area contributed by atoms with Crippen LogP contribution in [0.4, 0.5) is 0 Å². The van der Waals surface area contributed by atoms with E-state index in [0.29, 0.717) is 35.4 Å². The standard InChI is InChI=1S/C20H18O8/c21-20-8-23-18(11-1-3-14-16(5-11)26-9-24-14)13(20)7-22-19(20)28-12-2-4-15-17(6-12)27-10-25-15/h1-6,13,18-19,21H,7-10H2/t13-,18-,19-,20-/m1/s1. The zero-order valence-electron chi connectivity index (χ0n) is 14.8. The van der Waals surface area contributed by atoms with Crippen LogP contribution in [0.15, 0.2) is 36.4 Å². The average Bonchev–Trinajstić information content (AvgIpc) is 3.46. The summed E-state index contributed by atoms with van der Waals surface area (Å²) < 4.78 is 39.2. The highest BCUT2D eigenvalue weighted by Crippen LogP contribution is 2.49. The minimum atomic E-state index is -1.25. The molecule has 6 rings (SSSR count). The van der Waals surface area contributed by atoms with E-state index in [0.717, 1.165) is 5.56 Å². The Morgan fingerprint density at radius 1 is 0.857 bits per heavy atom. The lowest BCUT2D eigenvalue weighted by molar-refractivity contribution is -0.152. The molecule has 4 aliphatic rings. The summed E-state index contributed by atoms with van der Waals surface area (Å²) in [6.07, 6.45) is -1.15. The van der Waals surface area contributed by atoms with Gasteiger partial charge < -0.3 is 38.3 Å². The molecule has 0 aromatic heterocycles. The first kappa shape index (κ1) is 16.3. The molecule has 0 bridgehead atoms. The van der Waals surface area contributed by atoms with Crippen molar-refractivity contribution in [2.75, 3.05) is 26.8 Å². The monoisotopic (exact) mass is 386 g/mol. The number of aliphatic hydroxyl groups is 1. The van der Waals surface area contributed by atoms with Gasteiger partial charge in [-0.15, -0.1) is 0 Å². The summed E-state index contributed by atoms with van der Waals surface area (Å²) in [5.74, 6) is 2.96. The van der Waals surface area contributed by atoms with Crippen molar-refractivity contribution in [2.24, 2.45) is 5.92 Å². The number of benzene rings is 2. The van der Waals surface area contributed by atoms with E-state index in [1.807, 2.05) is 18.2 Å². The van der Waals surface area contributed by atoms with Crippen molar-refractivity contribution in [1.29, 1.82) is 0 Å². The first-order valence-corrected chi connectivity index (χ1v) is 9.12. The quantitative estimate of drug-likeness (QED) is 0.858. The van der Waals surface area contributed by atoms with Gasteiger partial charge in [0.15, 0.2) is 28.6 Å². The molecule has 0 aliphatic carbocycles. The fourth-order valence-corrected chi connectivity index (χ4v) is 4.15. The van der Waals surface area contributed by atoms with Crippen LogP contribution in [0, 0.1) is 5.92 Å². The molecule has 8 heteroatoms. The van der Waals surface area contributed by atoms with Gasteiger partial charge in [0.05, 0.1) is 25.2 Å².